The number of nitrogens with zero attached hydrogens (tertiary/aromatic N) is 1. The third kappa shape index (κ3) is 2.83. The van der Waals surface area contributed by atoms with Gasteiger partial charge in [-0.15, -0.1) is 0 Å². The normalized spacial score (nSPS) is 24.2. The molecule has 2 fully saturated rings. The number of likely N-dealkylation sites (tertiary alicyclic amines) is 1. The first kappa shape index (κ1) is 13.3. The Morgan fingerprint density at radius 1 is 1.33 bits per heavy atom. The van der Waals surface area contributed by atoms with Crippen LogP contribution in [0.15, 0.2) is 0 Å². The summed E-state index contributed by atoms with van der Waals surface area (Å²) in [6.45, 7) is 4.12. The summed E-state index contributed by atoms with van der Waals surface area (Å²) < 4.78 is 0. The van der Waals surface area contributed by atoms with Crippen LogP contribution in [0.4, 0.5) is 0 Å². The lowest BCUT2D eigenvalue weighted by Gasteiger charge is -2.29. The third-order valence-electron chi connectivity index (χ3n) is 3.62. The quantitative estimate of drug-likeness (QED) is 0.757. The molecule has 18 heavy (non-hydrogen) atoms. The molecule has 1 saturated carbocycles. The Labute approximate surface area is 108 Å². The molecule has 102 valence electrons. The van der Waals surface area contributed by atoms with Gasteiger partial charge in [-0.3, -0.25) is 9.59 Å². The summed E-state index contributed by atoms with van der Waals surface area (Å²) in [5, 5.41) is 12.0. The maximum absolute atomic E-state index is 12.2. The highest BCUT2D eigenvalue weighted by atomic mass is 16.3. The molecule has 0 aromatic rings. The van der Waals surface area contributed by atoms with Gasteiger partial charge < -0.3 is 15.3 Å². The van der Waals surface area contributed by atoms with E-state index in [9.17, 15) is 9.59 Å². The summed E-state index contributed by atoms with van der Waals surface area (Å²) in [6, 6.07) is -0.344. The lowest BCUT2D eigenvalue weighted by Crippen LogP contribution is -2.54. The van der Waals surface area contributed by atoms with Crippen LogP contribution in [0, 0.1) is 5.92 Å². The largest absolute Gasteiger partial charge is 0.394 e. The first-order chi connectivity index (χ1) is 8.44. The summed E-state index contributed by atoms with van der Waals surface area (Å²) in [5.41, 5.74) is -0.631. The number of aliphatic hydroxyl groups excluding tert-OH is 1. The van der Waals surface area contributed by atoms with Crippen LogP contribution in [0.1, 0.15) is 39.5 Å². The second kappa shape index (κ2) is 4.88. The molecule has 1 atom stereocenters. The molecule has 0 aromatic heterocycles. The summed E-state index contributed by atoms with van der Waals surface area (Å²) in [5.74, 6) is 0.152. The van der Waals surface area contributed by atoms with Crippen LogP contribution < -0.4 is 5.32 Å². The summed E-state index contributed by atoms with van der Waals surface area (Å²) in [7, 11) is 0. The van der Waals surface area contributed by atoms with Crippen LogP contribution in [0.25, 0.3) is 0 Å². The van der Waals surface area contributed by atoms with Crippen molar-refractivity contribution >= 4 is 11.8 Å². The van der Waals surface area contributed by atoms with Gasteiger partial charge in [-0.05, 0) is 39.5 Å². The minimum Gasteiger partial charge on any atom is -0.394 e. The topological polar surface area (TPSA) is 69.6 Å². The van der Waals surface area contributed by atoms with Crippen LogP contribution in [0.3, 0.4) is 0 Å². The smallest absolute Gasteiger partial charge is 0.243 e. The van der Waals surface area contributed by atoms with Crippen molar-refractivity contribution in [3.05, 3.63) is 0 Å². The van der Waals surface area contributed by atoms with Gasteiger partial charge in [0.15, 0.2) is 0 Å². The number of rotatable bonds is 4. The Morgan fingerprint density at radius 3 is 2.56 bits per heavy atom. The minimum absolute atomic E-state index is 0.109. The Kier molecular flexibility index (Phi) is 3.61. The molecule has 1 aliphatic heterocycles. The zero-order valence-corrected chi connectivity index (χ0v) is 11.1. The van der Waals surface area contributed by atoms with Crippen molar-refractivity contribution in [3.8, 4) is 0 Å². The molecule has 1 unspecified atom stereocenters. The van der Waals surface area contributed by atoms with Crippen LogP contribution >= 0.6 is 0 Å². The van der Waals surface area contributed by atoms with E-state index in [4.69, 9.17) is 5.11 Å². The van der Waals surface area contributed by atoms with Crippen molar-refractivity contribution in [1.82, 2.24) is 10.2 Å². The van der Waals surface area contributed by atoms with E-state index in [1.807, 2.05) is 0 Å². The zero-order chi connectivity index (χ0) is 13.3. The van der Waals surface area contributed by atoms with Crippen molar-refractivity contribution in [3.63, 3.8) is 0 Å². The molecule has 2 N–H and O–H groups in total. The summed E-state index contributed by atoms with van der Waals surface area (Å²) in [6.07, 6.45) is 3.54. The van der Waals surface area contributed by atoms with Gasteiger partial charge in [0.1, 0.15) is 6.04 Å². The number of aliphatic hydroxyl groups is 1. The standard InChI is InChI=1S/C13H22N2O3/c1-13(2,8-16)14-11(17)10-4-3-7-15(10)12(18)9-5-6-9/h9-10,16H,3-8H2,1-2H3,(H,14,17). The molecule has 2 amide bonds. The molecule has 0 aromatic carbocycles. The second-order valence-corrected chi connectivity index (χ2v) is 6.00. The molecule has 0 bridgehead atoms. The fourth-order valence-electron chi connectivity index (χ4n) is 2.32. The number of nitrogens with one attached hydrogen (secondary N) is 1. The summed E-state index contributed by atoms with van der Waals surface area (Å²) >= 11 is 0. The van der Waals surface area contributed by atoms with E-state index < -0.39 is 5.54 Å². The van der Waals surface area contributed by atoms with Crippen molar-refractivity contribution in [2.24, 2.45) is 5.92 Å². The lowest BCUT2D eigenvalue weighted by atomic mass is 10.1. The van der Waals surface area contributed by atoms with Gasteiger partial charge in [0.2, 0.25) is 11.8 Å². The van der Waals surface area contributed by atoms with Gasteiger partial charge >= 0.3 is 0 Å². The van der Waals surface area contributed by atoms with Gasteiger partial charge in [-0.25, -0.2) is 0 Å². The summed E-state index contributed by atoms with van der Waals surface area (Å²) in [4.78, 5) is 25.9. The van der Waals surface area contributed by atoms with Crippen LogP contribution in [0.2, 0.25) is 0 Å². The molecule has 0 radical (unpaired) electrons. The highest BCUT2D eigenvalue weighted by Gasteiger charge is 2.41. The molecule has 1 aliphatic carbocycles. The predicted octanol–water partition coefficient (Wildman–Crippen LogP) is 0.274. The zero-order valence-electron chi connectivity index (χ0n) is 11.1. The average molecular weight is 254 g/mol. The van der Waals surface area contributed by atoms with Gasteiger partial charge in [0.05, 0.1) is 12.1 Å². The van der Waals surface area contributed by atoms with E-state index in [1.165, 1.54) is 0 Å². The van der Waals surface area contributed by atoms with Gasteiger partial charge in [-0.1, -0.05) is 0 Å². The average Bonchev–Trinajstić information content (AvgIpc) is 3.04. The molecule has 1 heterocycles. The maximum atomic E-state index is 12.2. The number of hydrogen-bond donors (Lipinski definition) is 2. The molecule has 2 rings (SSSR count). The van der Waals surface area contributed by atoms with E-state index in [-0.39, 0.29) is 30.4 Å². The Bertz CT molecular complexity index is 350. The monoisotopic (exact) mass is 254 g/mol. The first-order valence-electron chi connectivity index (χ1n) is 6.68. The van der Waals surface area contributed by atoms with Crippen molar-refractivity contribution < 1.29 is 14.7 Å². The number of carbonyl (C=O) groups is 2. The van der Waals surface area contributed by atoms with Crippen LogP contribution in [-0.4, -0.2) is 46.6 Å². The fourth-order valence-corrected chi connectivity index (χ4v) is 2.32. The predicted molar refractivity (Wildman–Crippen MR) is 66.8 cm³/mol. The van der Waals surface area contributed by atoms with Gasteiger partial charge in [0, 0.05) is 12.5 Å². The number of hydrogen-bond acceptors (Lipinski definition) is 3. The molecular weight excluding hydrogens is 232 g/mol. The maximum Gasteiger partial charge on any atom is 0.243 e. The Hall–Kier alpha value is -1.10. The van der Waals surface area contributed by atoms with E-state index in [0.29, 0.717) is 6.54 Å². The highest BCUT2D eigenvalue weighted by molar-refractivity contribution is 5.90. The molecular formula is C13H22N2O3. The molecule has 5 heteroatoms. The number of carbonyl (C=O) groups excluding carboxylic acids is 2. The van der Waals surface area contributed by atoms with Gasteiger partial charge in [-0.2, -0.15) is 0 Å². The Morgan fingerprint density at radius 2 is 2.00 bits per heavy atom. The van der Waals surface area contributed by atoms with Crippen molar-refractivity contribution in [2.45, 2.75) is 51.1 Å². The minimum atomic E-state index is -0.631. The van der Waals surface area contributed by atoms with Crippen LogP contribution in [-0.2, 0) is 9.59 Å². The van der Waals surface area contributed by atoms with E-state index in [2.05, 4.69) is 5.32 Å². The van der Waals surface area contributed by atoms with E-state index in [1.54, 1.807) is 18.7 Å². The molecule has 5 nitrogen and oxygen atoms in total. The molecule has 0 spiro atoms. The van der Waals surface area contributed by atoms with Crippen molar-refractivity contribution in [1.29, 1.82) is 0 Å². The molecule has 1 saturated heterocycles. The van der Waals surface area contributed by atoms with E-state index >= 15 is 0 Å². The number of amides is 2. The first-order valence-corrected chi connectivity index (χ1v) is 6.68. The highest BCUT2D eigenvalue weighted by Crippen LogP contribution is 2.33. The van der Waals surface area contributed by atoms with Crippen LogP contribution in [0.5, 0.6) is 0 Å². The lowest BCUT2D eigenvalue weighted by molar-refractivity contribution is -0.140. The SMILES string of the molecule is CC(C)(CO)NC(=O)C1CCCN1C(=O)C1CC1. The fraction of sp³-hybridized carbons (Fsp3) is 0.846. The third-order valence-corrected chi connectivity index (χ3v) is 3.62. The second-order valence-electron chi connectivity index (χ2n) is 6.00. The Balaban J connectivity index is 1.98. The van der Waals surface area contributed by atoms with E-state index in [0.717, 1.165) is 25.7 Å². The van der Waals surface area contributed by atoms with Crippen molar-refractivity contribution in [2.75, 3.05) is 13.2 Å². The molecule has 2 aliphatic rings. The van der Waals surface area contributed by atoms with Gasteiger partial charge in [0.25, 0.3) is 0 Å².